The van der Waals surface area contributed by atoms with Crippen molar-refractivity contribution < 1.29 is 13.2 Å². The van der Waals surface area contributed by atoms with Gasteiger partial charge >= 0.3 is 6.18 Å². The number of alkyl halides is 3. The second-order valence-electron chi connectivity index (χ2n) is 4.50. The maximum atomic E-state index is 12.6. The van der Waals surface area contributed by atoms with Gasteiger partial charge in [-0.25, -0.2) is 4.98 Å². The summed E-state index contributed by atoms with van der Waals surface area (Å²) >= 11 is 0. The summed E-state index contributed by atoms with van der Waals surface area (Å²) in [4.78, 5) is 7.77. The van der Waals surface area contributed by atoms with Gasteiger partial charge in [0, 0.05) is 39.3 Å². The molecule has 0 aliphatic carbocycles. The Kier molecular flexibility index (Phi) is 4.26. The lowest BCUT2D eigenvalue weighted by Crippen LogP contribution is -2.48. The Labute approximate surface area is 110 Å². The predicted molar refractivity (Wildman–Crippen MR) is 66.9 cm³/mol. The average molecular weight is 274 g/mol. The summed E-state index contributed by atoms with van der Waals surface area (Å²) in [6.45, 7) is 4.37. The topological polar surface area (TPSA) is 45.4 Å². The van der Waals surface area contributed by atoms with Crippen molar-refractivity contribution in [3.05, 3.63) is 23.9 Å². The zero-order valence-electron chi connectivity index (χ0n) is 10.5. The number of anilines is 1. The zero-order chi connectivity index (χ0) is 13.9. The molecule has 0 aromatic carbocycles. The molecule has 0 bridgehead atoms. The van der Waals surface area contributed by atoms with Crippen LogP contribution in [0.2, 0.25) is 0 Å². The van der Waals surface area contributed by atoms with Crippen molar-refractivity contribution >= 4 is 5.82 Å². The lowest BCUT2D eigenvalue weighted by Gasteiger charge is -2.35. The van der Waals surface area contributed by atoms with E-state index >= 15 is 0 Å². The van der Waals surface area contributed by atoms with E-state index in [1.807, 2.05) is 4.90 Å². The summed E-state index contributed by atoms with van der Waals surface area (Å²) in [5, 5.41) is 0. The van der Waals surface area contributed by atoms with Crippen LogP contribution in [0.1, 0.15) is 5.69 Å². The SMILES string of the molecule is NCCN1CCN(c2cccc(C(F)(F)F)n2)CC1. The second kappa shape index (κ2) is 5.75. The van der Waals surface area contributed by atoms with Crippen LogP contribution in [0.3, 0.4) is 0 Å². The highest BCUT2D eigenvalue weighted by atomic mass is 19.4. The molecule has 0 atom stereocenters. The van der Waals surface area contributed by atoms with E-state index in [9.17, 15) is 13.2 Å². The van der Waals surface area contributed by atoms with Crippen molar-refractivity contribution in [1.29, 1.82) is 0 Å². The summed E-state index contributed by atoms with van der Waals surface area (Å²) in [5.74, 6) is 0.391. The van der Waals surface area contributed by atoms with Crippen LogP contribution in [0.25, 0.3) is 0 Å². The minimum Gasteiger partial charge on any atom is -0.354 e. The van der Waals surface area contributed by atoms with Gasteiger partial charge in [0.2, 0.25) is 0 Å². The van der Waals surface area contributed by atoms with Gasteiger partial charge in [0.05, 0.1) is 0 Å². The fourth-order valence-electron chi connectivity index (χ4n) is 2.14. The summed E-state index contributed by atoms with van der Waals surface area (Å²) in [5.41, 5.74) is 4.64. The Morgan fingerprint density at radius 2 is 1.84 bits per heavy atom. The van der Waals surface area contributed by atoms with Gasteiger partial charge in [0.1, 0.15) is 11.5 Å². The van der Waals surface area contributed by atoms with Gasteiger partial charge in [-0.05, 0) is 12.1 Å². The van der Waals surface area contributed by atoms with Gasteiger partial charge in [-0.3, -0.25) is 4.90 Å². The molecule has 0 saturated carbocycles. The Morgan fingerprint density at radius 1 is 1.16 bits per heavy atom. The van der Waals surface area contributed by atoms with E-state index < -0.39 is 11.9 Å². The van der Waals surface area contributed by atoms with Crippen LogP contribution in [0.5, 0.6) is 0 Å². The minimum atomic E-state index is -4.39. The Balaban J connectivity index is 2.03. The molecule has 7 heteroatoms. The first-order chi connectivity index (χ1) is 9.00. The maximum absolute atomic E-state index is 12.6. The second-order valence-corrected chi connectivity index (χ2v) is 4.50. The average Bonchev–Trinajstić information content (AvgIpc) is 2.39. The standard InChI is InChI=1S/C12H17F3N4/c13-12(14,15)10-2-1-3-11(17-10)19-8-6-18(5-4-16)7-9-19/h1-3H,4-9,16H2. The first kappa shape index (κ1) is 14.1. The van der Waals surface area contributed by atoms with Crippen LogP contribution in [-0.4, -0.2) is 49.2 Å². The van der Waals surface area contributed by atoms with Gasteiger partial charge in [0.25, 0.3) is 0 Å². The first-order valence-electron chi connectivity index (χ1n) is 6.22. The molecule has 2 N–H and O–H groups in total. The van der Waals surface area contributed by atoms with E-state index in [0.29, 0.717) is 25.5 Å². The number of pyridine rings is 1. The van der Waals surface area contributed by atoms with E-state index in [1.165, 1.54) is 6.07 Å². The van der Waals surface area contributed by atoms with Gasteiger partial charge in [-0.1, -0.05) is 6.07 Å². The van der Waals surface area contributed by atoms with Crippen molar-refractivity contribution in [1.82, 2.24) is 9.88 Å². The summed E-state index contributed by atoms with van der Waals surface area (Å²) in [7, 11) is 0. The van der Waals surface area contributed by atoms with E-state index in [-0.39, 0.29) is 0 Å². The molecule has 1 aromatic rings. The Bertz CT molecular complexity index is 414. The summed E-state index contributed by atoms with van der Waals surface area (Å²) < 4.78 is 37.8. The molecule has 0 unspecified atom stereocenters. The van der Waals surface area contributed by atoms with Crippen LogP contribution < -0.4 is 10.6 Å². The van der Waals surface area contributed by atoms with E-state index in [1.54, 1.807) is 6.07 Å². The highest BCUT2D eigenvalue weighted by Gasteiger charge is 2.33. The van der Waals surface area contributed by atoms with Crippen LogP contribution in [0.15, 0.2) is 18.2 Å². The molecule has 1 fully saturated rings. The molecule has 0 spiro atoms. The Hall–Kier alpha value is -1.34. The van der Waals surface area contributed by atoms with Crippen molar-refractivity contribution in [2.24, 2.45) is 5.73 Å². The lowest BCUT2D eigenvalue weighted by atomic mass is 10.3. The summed E-state index contributed by atoms with van der Waals surface area (Å²) in [6.07, 6.45) is -4.39. The number of halogens is 3. The van der Waals surface area contributed by atoms with Crippen LogP contribution in [0.4, 0.5) is 19.0 Å². The molecule has 1 aliphatic rings. The van der Waals surface area contributed by atoms with Crippen molar-refractivity contribution in [3.8, 4) is 0 Å². The molecular weight excluding hydrogens is 257 g/mol. The number of nitrogens with two attached hydrogens (primary N) is 1. The smallest absolute Gasteiger partial charge is 0.354 e. The largest absolute Gasteiger partial charge is 0.433 e. The van der Waals surface area contributed by atoms with E-state index in [0.717, 1.165) is 25.7 Å². The quantitative estimate of drug-likeness (QED) is 0.899. The summed E-state index contributed by atoms with van der Waals surface area (Å²) in [6, 6.07) is 4.01. The maximum Gasteiger partial charge on any atom is 0.433 e. The number of hydrogen-bond acceptors (Lipinski definition) is 4. The number of hydrogen-bond donors (Lipinski definition) is 1. The molecule has 1 saturated heterocycles. The molecule has 2 rings (SSSR count). The molecule has 4 nitrogen and oxygen atoms in total. The van der Waals surface area contributed by atoms with Gasteiger partial charge in [0.15, 0.2) is 0 Å². The molecule has 106 valence electrons. The monoisotopic (exact) mass is 274 g/mol. The molecule has 1 aromatic heterocycles. The highest BCUT2D eigenvalue weighted by molar-refractivity contribution is 5.40. The number of aromatic nitrogens is 1. The van der Waals surface area contributed by atoms with Gasteiger partial charge < -0.3 is 10.6 Å². The van der Waals surface area contributed by atoms with Gasteiger partial charge in [-0.2, -0.15) is 13.2 Å². The zero-order valence-corrected chi connectivity index (χ0v) is 10.5. The van der Waals surface area contributed by atoms with E-state index in [2.05, 4.69) is 9.88 Å². The van der Waals surface area contributed by atoms with Crippen molar-refractivity contribution in [2.45, 2.75) is 6.18 Å². The molecule has 0 radical (unpaired) electrons. The number of piperazine rings is 1. The first-order valence-corrected chi connectivity index (χ1v) is 6.22. The molecule has 19 heavy (non-hydrogen) atoms. The third-order valence-corrected chi connectivity index (χ3v) is 3.17. The predicted octanol–water partition coefficient (Wildman–Crippen LogP) is 1.18. The van der Waals surface area contributed by atoms with Crippen LogP contribution in [-0.2, 0) is 6.18 Å². The van der Waals surface area contributed by atoms with Gasteiger partial charge in [-0.15, -0.1) is 0 Å². The van der Waals surface area contributed by atoms with Crippen molar-refractivity contribution in [2.75, 3.05) is 44.2 Å². The third-order valence-electron chi connectivity index (χ3n) is 3.17. The number of nitrogens with zero attached hydrogens (tertiary/aromatic N) is 3. The Morgan fingerprint density at radius 3 is 2.42 bits per heavy atom. The van der Waals surface area contributed by atoms with Crippen LogP contribution >= 0.6 is 0 Å². The fraction of sp³-hybridized carbons (Fsp3) is 0.583. The van der Waals surface area contributed by atoms with Crippen LogP contribution in [0, 0.1) is 0 Å². The lowest BCUT2D eigenvalue weighted by molar-refractivity contribution is -0.141. The normalized spacial score (nSPS) is 17.8. The third kappa shape index (κ3) is 3.57. The minimum absolute atomic E-state index is 0.391. The molecular formula is C12H17F3N4. The number of rotatable bonds is 3. The molecule has 1 aliphatic heterocycles. The molecule has 2 heterocycles. The van der Waals surface area contributed by atoms with Crippen molar-refractivity contribution in [3.63, 3.8) is 0 Å². The molecule has 0 amide bonds. The van der Waals surface area contributed by atoms with E-state index in [4.69, 9.17) is 5.73 Å². The fourth-order valence-corrected chi connectivity index (χ4v) is 2.14. The highest BCUT2D eigenvalue weighted by Crippen LogP contribution is 2.29.